The first-order chi connectivity index (χ1) is 19.6. The average molecular weight is 537 g/mol. The number of nitrogens with zero attached hydrogens (tertiary/aromatic N) is 4. The van der Waals surface area contributed by atoms with Gasteiger partial charge in [-0.3, -0.25) is 9.18 Å². The molecule has 1 aliphatic carbocycles. The lowest BCUT2D eigenvalue weighted by molar-refractivity contribution is 0.0735. The first-order valence-corrected chi connectivity index (χ1v) is 14.2. The van der Waals surface area contributed by atoms with Gasteiger partial charge in [-0.1, -0.05) is 42.5 Å². The summed E-state index contributed by atoms with van der Waals surface area (Å²) in [6.07, 6.45) is 3.62. The van der Waals surface area contributed by atoms with Gasteiger partial charge in [0.1, 0.15) is 12.4 Å². The fourth-order valence-electron chi connectivity index (χ4n) is 5.98. The fraction of sp³-hybridized carbons (Fsp3) is 0.333. The number of carbonyl (C=O) groups is 1. The molecular formula is C33H33FN4O2. The molecule has 1 saturated carbocycles. The Hall–Kier alpha value is -4.13. The van der Waals surface area contributed by atoms with Crippen molar-refractivity contribution >= 4 is 27.8 Å². The zero-order valence-electron chi connectivity index (χ0n) is 22.8. The number of fused-ring (bicyclic) bond motifs is 3. The van der Waals surface area contributed by atoms with Crippen LogP contribution in [-0.2, 0) is 26.6 Å². The normalized spacial score (nSPS) is 15.2. The van der Waals surface area contributed by atoms with Crippen molar-refractivity contribution in [2.75, 3.05) is 19.8 Å². The van der Waals surface area contributed by atoms with Crippen molar-refractivity contribution in [3.63, 3.8) is 0 Å². The third-order valence-electron chi connectivity index (χ3n) is 8.32. The number of amides is 1. The Morgan fingerprint density at radius 1 is 1.05 bits per heavy atom. The molecule has 1 fully saturated rings. The molecule has 0 atom stereocenters. The van der Waals surface area contributed by atoms with E-state index in [-0.39, 0.29) is 5.91 Å². The Morgan fingerprint density at radius 3 is 2.70 bits per heavy atom. The van der Waals surface area contributed by atoms with Crippen molar-refractivity contribution in [2.24, 2.45) is 13.0 Å². The van der Waals surface area contributed by atoms with E-state index in [0.717, 1.165) is 63.3 Å². The van der Waals surface area contributed by atoms with Crippen molar-refractivity contribution in [3.05, 3.63) is 83.4 Å². The Bertz CT molecular complexity index is 1720. The van der Waals surface area contributed by atoms with E-state index in [1.54, 1.807) is 4.90 Å². The van der Waals surface area contributed by atoms with Crippen LogP contribution in [-0.4, -0.2) is 44.7 Å². The summed E-state index contributed by atoms with van der Waals surface area (Å²) in [4.78, 5) is 20.0. The van der Waals surface area contributed by atoms with Gasteiger partial charge in [-0.15, -0.1) is 0 Å². The number of hydrogen-bond donors (Lipinski definition) is 0. The minimum absolute atomic E-state index is 0.0214. The van der Waals surface area contributed by atoms with Crippen molar-refractivity contribution in [3.8, 4) is 17.3 Å². The number of benzene rings is 3. The highest BCUT2D eigenvalue weighted by Gasteiger charge is 2.28. The van der Waals surface area contributed by atoms with Gasteiger partial charge in [0.15, 0.2) is 5.82 Å². The van der Waals surface area contributed by atoms with Gasteiger partial charge >= 0.3 is 0 Å². The van der Waals surface area contributed by atoms with Gasteiger partial charge in [0.25, 0.3) is 5.91 Å². The van der Waals surface area contributed by atoms with Crippen LogP contribution in [0.15, 0.2) is 66.7 Å². The second-order valence-electron chi connectivity index (χ2n) is 11.1. The van der Waals surface area contributed by atoms with E-state index in [9.17, 15) is 9.18 Å². The van der Waals surface area contributed by atoms with Crippen molar-refractivity contribution < 1.29 is 13.9 Å². The summed E-state index contributed by atoms with van der Waals surface area (Å²) < 4.78 is 23.7. The molecule has 0 saturated heterocycles. The second kappa shape index (κ2) is 10.1. The van der Waals surface area contributed by atoms with Crippen LogP contribution in [0.5, 0.6) is 5.75 Å². The highest BCUT2D eigenvalue weighted by Crippen LogP contribution is 2.39. The predicted molar refractivity (Wildman–Crippen MR) is 155 cm³/mol. The van der Waals surface area contributed by atoms with Crippen molar-refractivity contribution in [1.29, 1.82) is 0 Å². The zero-order valence-corrected chi connectivity index (χ0v) is 22.8. The van der Waals surface area contributed by atoms with Crippen LogP contribution in [0.2, 0.25) is 0 Å². The van der Waals surface area contributed by atoms with Gasteiger partial charge in [0, 0.05) is 37.6 Å². The maximum absolute atomic E-state index is 13.2. The molecule has 0 unspecified atom stereocenters. The fourth-order valence-corrected chi connectivity index (χ4v) is 5.98. The first-order valence-electron chi connectivity index (χ1n) is 14.2. The maximum Gasteiger partial charge on any atom is 0.254 e. The topological polar surface area (TPSA) is 52.3 Å². The molecule has 0 radical (unpaired) electrons. The van der Waals surface area contributed by atoms with Gasteiger partial charge in [-0.05, 0) is 67.0 Å². The molecule has 7 heteroatoms. The van der Waals surface area contributed by atoms with Crippen molar-refractivity contribution in [1.82, 2.24) is 19.0 Å². The van der Waals surface area contributed by atoms with Crippen LogP contribution in [0.25, 0.3) is 33.5 Å². The van der Waals surface area contributed by atoms with E-state index in [2.05, 4.69) is 58.6 Å². The summed E-state index contributed by atoms with van der Waals surface area (Å²) in [5.74, 6) is 2.39. The number of aryl methyl sites for hydroxylation is 1. The van der Waals surface area contributed by atoms with E-state index in [1.807, 2.05) is 24.3 Å². The lowest BCUT2D eigenvalue weighted by atomic mass is 9.98. The number of imidazole rings is 1. The number of ether oxygens (including phenoxy) is 1. The summed E-state index contributed by atoms with van der Waals surface area (Å²) >= 11 is 0. The Morgan fingerprint density at radius 2 is 1.90 bits per heavy atom. The van der Waals surface area contributed by atoms with E-state index >= 15 is 0 Å². The lowest BCUT2D eigenvalue weighted by Crippen LogP contribution is -2.38. The molecule has 40 heavy (non-hydrogen) atoms. The molecular weight excluding hydrogens is 503 g/mol. The number of halogens is 1. The lowest BCUT2D eigenvalue weighted by Gasteiger charge is -2.28. The van der Waals surface area contributed by atoms with Crippen LogP contribution in [0.4, 0.5) is 4.39 Å². The minimum Gasteiger partial charge on any atom is -0.487 e. The number of para-hydroxylation sites is 1. The van der Waals surface area contributed by atoms with E-state index in [0.29, 0.717) is 37.6 Å². The van der Waals surface area contributed by atoms with E-state index < -0.39 is 6.67 Å². The van der Waals surface area contributed by atoms with Gasteiger partial charge in [-0.25, -0.2) is 4.98 Å². The van der Waals surface area contributed by atoms with Crippen LogP contribution < -0.4 is 4.74 Å². The second-order valence-corrected chi connectivity index (χ2v) is 11.1. The van der Waals surface area contributed by atoms with Crippen LogP contribution >= 0.6 is 0 Å². The van der Waals surface area contributed by atoms with Gasteiger partial charge in [0.05, 0.1) is 28.9 Å². The third-order valence-corrected chi connectivity index (χ3v) is 8.32. The number of hydrogen-bond acceptors (Lipinski definition) is 3. The molecule has 2 aromatic heterocycles. The molecule has 7 rings (SSSR count). The van der Waals surface area contributed by atoms with Gasteiger partial charge < -0.3 is 18.8 Å². The molecule has 5 aromatic rings. The van der Waals surface area contributed by atoms with E-state index in [4.69, 9.17) is 9.72 Å². The number of alkyl halides is 1. The molecule has 2 aliphatic rings. The van der Waals surface area contributed by atoms with Gasteiger partial charge in [0.2, 0.25) is 0 Å². The summed E-state index contributed by atoms with van der Waals surface area (Å²) in [6.45, 7) is 2.11. The highest BCUT2D eigenvalue weighted by molar-refractivity contribution is 6.01. The SMILES string of the molecule is Cn1c(-c2cc3cccc(OCc4ccccc4)c3n2CC2CC2)nc2cc3c(cc21)CCN(CCCF)C3=O. The average Bonchev–Trinajstić information content (AvgIpc) is 3.65. The van der Waals surface area contributed by atoms with Crippen LogP contribution in [0.1, 0.15) is 40.7 Å². The maximum atomic E-state index is 13.2. The number of aromatic nitrogens is 3. The molecule has 1 aliphatic heterocycles. The summed E-state index contributed by atoms with van der Waals surface area (Å²) in [7, 11) is 2.06. The quantitative estimate of drug-likeness (QED) is 0.215. The smallest absolute Gasteiger partial charge is 0.254 e. The largest absolute Gasteiger partial charge is 0.487 e. The van der Waals surface area contributed by atoms with Crippen LogP contribution in [0.3, 0.4) is 0 Å². The standard InChI is InChI=1S/C33H33FN4O2/c1-36-28-17-24-13-16-37(15-6-14-34)33(39)26(24)19-27(28)35-32(36)29-18-25-9-5-10-30(31(25)38(29)20-22-11-12-22)40-21-23-7-3-2-4-8-23/h2-5,7-10,17-19,22H,6,11-16,20-21H2,1H3. The summed E-state index contributed by atoms with van der Waals surface area (Å²) in [5, 5.41) is 1.13. The molecule has 3 aromatic carbocycles. The molecule has 1 amide bonds. The Balaban J connectivity index is 1.31. The minimum atomic E-state index is -0.410. The third kappa shape index (κ3) is 4.43. The number of rotatable bonds is 9. The zero-order chi connectivity index (χ0) is 27.2. The molecule has 0 spiro atoms. The highest BCUT2D eigenvalue weighted by atomic mass is 19.1. The molecule has 3 heterocycles. The van der Waals surface area contributed by atoms with Crippen molar-refractivity contribution in [2.45, 2.75) is 38.8 Å². The molecule has 0 N–H and O–H groups in total. The van der Waals surface area contributed by atoms with E-state index in [1.165, 1.54) is 12.8 Å². The monoisotopic (exact) mass is 536 g/mol. The van der Waals surface area contributed by atoms with Gasteiger partial charge in [-0.2, -0.15) is 0 Å². The summed E-state index contributed by atoms with van der Waals surface area (Å²) in [6, 6.07) is 22.8. The Labute approximate surface area is 233 Å². The molecule has 0 bridgehead atoms. The predicted octanol–water partition coefficient (Wildman–Crippen LogP) is 6.54. The first kappa shape index (κ1) is 24.9. The number of carbonyl (C=O) groups excluding carboxylic acids is 1. The Kier molecular flexibility index (Phi) is 6.29. The summed E-state index contributed by atoms with van der Waals surface area (Å²) in [5.41, 5.74) is 6.85. The molecule has 204 valence electrons. The molecule has 6 nitrogen and oxygen atoms in total. The van der Waals surface area contributed by atoms with Crippen LogP contribution in [0, 0.1) is 5.92 Å².